The Kier molecular flexibility index (Phi) is 13.5. The van der Waals surface area contributed by atoms with Gasteiger partial charge in [-0.25, -0.2) is 13.1 Å². The van der Waals surface area contributed by atoms with Crippen LogP contribution in [0.15, 0.2) is 112 Å². The lowest BCUT2D eigenvalue weighted by molar-refractivity contribution is -0.384. The Labute approximate surface area is 318 Å². The number of benzene rings is 4. The number of anilines is 3. The minimum Gasteiger partial charge on any atom is -0.508 e. The maximum absolute atomic E-state index is 13.7. The van der Waals surface area contributed by atoms with Crippen LogP contribution in [0.4, 0.5) is 22.9 Å². The molecule has 0 bridgehead atoms. The predicted molar refractivity (Wildman–Crippen MR) is 208 cm³/mol. The van der Waals surface area contributed by atoms with Crippen molar-refractivity contribution < 1.29 is 28.0 Å². The van der Waals surface area contributed by atoms with Gasteiger partial charge in [-0.15, -0.1) is 0 Å². The van der Waals surface area contributed by atoms with Gasteiger partial charge in [0.05, 0.1) is 25.4 Å². The molecular formula is C39H42ClN5O8S. The molecule has 0 spiro atoms. The Morgan fingerprint density at radius 1 is 0.907 bits per heavy atom. The maximum atomic E-state index is 13.7. The number of nitro benzene ring substituents is 1. The topological polar surface area (TPSA) is 186 Å². The van der Waals surface area contributed by atoms with Gasteiger partial charge in [-0.2, -0.15) is 0 Å². The fourth-order valence-electron chi connectivity index (χ4n) is 5.84. The molecular weight excluding hydrogens is 734 g/mol. The number of hydrogen-bond acceptors (Lipinski definition) is 9. The number of halogens is 1. The molecule has 1 aromatic heterocycles. The van der Waals surface area contributed by atoms with Gasteiger partial charge >= 0.3 is 0 Å². The zero-order chi connectivity index (χ0) is 38.7. The van der Waals surface area contributed by atoms with Gasteiger partial charge in [0.2, 0.25) is 9.84 Å². The number of aromatic amines is 1. The first-order chi connectivity index (χ1) is 26.0. The van der Waals surface area contributed by atoms with E-state index in [0.29, 0.717) is 23.5 Å². The second kappa shape index (κ2) is 18.4. The first-order valence-corrected chi connectivity index (χ1v) is 19.6. The van der Waals surface area contributed by atoms with E-state index < -0.39 is 32.3 Å². The quantitative estimate of drug-likeness (QED) is 0.0361. The van der Waals surface area contributed by atoms with Crippen LogP contribution < -0.4 is 20.9 Å². The highest BCUT2D eigenvalue weighted by Gasteiger charge is 2.23. The molecule has 5 rings (SSSR count). The fraction of sp³-hybridized carbons (Fsp3) is 0.282. The zero-order valence-electron chi connectivity index (χ0n) is 29.7. The van der Waals surface area contributed by atoms with E-state index in [9.17, 15) is 33.2 Å². The van der Waals surface area contributed by atoms with Crippen molar-refractivity contribution in [2.45, 2.75) is 80.6 Å². The van der Waals surface area contributed by atoms with E-state index >= 15 is 0 Å². The molecule has 0 radical (unpaired) electrons. The smallest absolute Gasteiger partial charge is 0.294 e. The van der Waals surface area contributed by atoms with Crippen LogP contribution in [0.2, 0.25) is 5.02 Å². The molecule has 0 aliphatic heterocycles. The van der Waals surface area contributed by atoms with Crippen LogP contribution in [0.3, 0.4) is 0 Å². The molecule has 0 fully saturated rings. The number of H-pyrrole nitrogens is 1. The number of nitrogens with one attached hydrogen (secondary N) is 3. The first-order valence-electron chi connectivity index (χ1n) is 17.7. The number of nitro groups is 1. The summed E-state index contributed by atoms with van der Waals surface area (Å²) in [5.74, 6) is 0.0396. The number of phenols is 1. The highest BCUT2D eigenvalue weighted by atomic mass is 35.5. The van der Waals surface area contributed by atoms with Crippen LogP contribution >= 0.6 is 11.6 Å². The number of amides is 1. The summed E-state index contributed by atoms with van der Waals surface area (Å²) >= 11 is 6.47. The Balaban J connectivity index is 1.30. The van der Waals surface area contributed by atoms with Crippen LogP contribution in [-0.4, -0.2) is 40.2 Å². The van der Waals surface area contributed by atoms with E-state index in [1.54, 1.807) is 24.3 Å². The van der Waals surface area contributed by atoms with E-state index in [-0.39, 0.29) is 37.8 Å². The summed E-state index contributed by atoms with van der Waals surface area (Å²) in [6.45, 7) is 2.18. The lowest BCUT2D eigenvalue weighted by atomic mass is 10.1. The number of rotatable bonds is 19. The number of ether oxygens (including phenoxy) is 1. The number of nitrogens with zero attached hydrogens (tertiary/aromatic N) is 2. The van der Waals surface area contributed by atoms with Crippen LogP contribution in [-0.2, 0) is 14.6 Å². The molecule has 5 aromatic rings. The number of hydrogen-bond donors (Lipinski definition) is 4. The molecule has 0 saturated carbocycles. The minimum atomic E-state index is -3.85. The zero-order valence-corrected chi connectivity index (χ0v) is 31.2. The van der Waals surface area contributed by atoms with Gasteiger partial charge in [0, 0.05) is 17.8 Å². The van der Waals surface area contributed by atoms with Gasteiger partial charge in [-0.05, 0) is 85.6 Å². The van der Waals surface area contributed by atoms with Crippen LogP contribution in [0.25, 0.3) is 5.69 Å². The van der Waals surface area contributed by atoms with Crippen LogP contribution in [0.5, 0.6) is 11.5 Å². The van der Waals surface area contributed by atoms with Gasteiger partial charge < -0.3 is 20.5 Å². The number of phenolic OH excluding ortho intramolecular Hbond substituents is 1. The number of carbonyl (C=O) groups is 1. The van der Waals surface area contributed by atoms with E-state index in [2.05, 4.69) is 22.7 Å². The fourth-order valence-corrected chi connectivity index (χ4v) is 7.27. The third-order valence-electron chi connectivity index (χ3n) is 8.71. The van der Waals surface area contributed by atoms with Crippen molar-refractivity contribution in [3.05, 3.63) is 123 Å². The van der Waals surface area contributed by atoms with E-state index in [4.69, 9.17) is 16.3 Å². The van der Waals surface area contributed by atoms with Crippen molar-refractivity contribution in [3.63, 3.8) is 0 Å². The molecule has 1 unspecified atom stereocenters. The van der Waals surface area contributed by atoms with Gasteiger partial charge in [0.25, 0.3) is 17.2 Å². The van der Waals surface area contributed by atoms with Crippen LogP contribution in [0, 0.1) is 10.1 Å². The molecule has 0 aliphatic carbocycles. The largest absolute Gasteiger partial charge is 0.508 e. The van der Waals surface area contributed by atoms with Gasteiger partial charge in [0.1, 0.15) is 23.0 Å². The van der Waals surface area contributed by atoms with Crippen LogP contribution in [0.1, 0.15) is 64.7 Å². The minimum absolute atomic E-state index is 0.0295. The van der Waals surface area contributed by atoms with E-state index in [1.807, 2.05) is 0 Å². The molecule has 54 heavy (non-hydrogen) atoms. The number of aromatic nitrogens is 2. The second-order valence-electron chi connectivity index (χ2n) is 12.7. The lowest BCUT2D eigenvalue weighted by Crippen LogP contribution is -2.33. The average molecular weight is 776 g/mol. The van der Waals surface area contributed by atoms with Gasteiger partial charge in [-0.1, -0.05) is 75.6 Å². The lowest BCUT2D eigenvalue weighted by Gasteiger charge is -2.20. The van der Waals surface area contributed by atoms with Crippen molar-refractivity contribution in [2.24, 2.45) is 0 Å². The summed E-state index contributed by atoms with van der Waals surface area (Å²) in [6.07, 6.45) is 8.08. The Morgan fingerprint density at radius 2 is 1.54 bits per heavy atom. The summed E-state index contributed by atoms with van der Waals surface area (Å²) in [5.41, 5.74) is -0.0127. The number of para-hydroxylation sites is 2. The molecule has 0 saturated heterocycles. The van der Waals surface area contributed by atoms with Gasteiger partial charge in [0.15, 0.2) is 6.10 Å². The Bertz CT molecular complexity index is 2220. The molecule has 1 atom stereocenters. The van der Waals surface area contributed by atoms with Crippen molar-refractivity contribution >= 4 is 50.2 Å². The normalized spacial score (nSPS) is 11.9. The third kappa shape index (κ3) is 10.3. The maximum Gasteiger partial charge on any atom is 0.294 e. The average Bonchev–Trinajstić information content (AvgIpc) is 3.53. The molecule has 15 heteroatoms. The SMILES string of the molecule is CCCCCCCCCCC(Oc1ccc(S(=O)(=O)c2ccc(O)cc2)cc1)C(=O)Nc1ccc(Cl)c(Nc2cc(=O)n(-c3ccccc3[N+](=O)[O-])[nH]2)c1. The number of unbranched alkanes of at least 4 members (excludes halogenated alkanes) is 7. The molecule has 284 valence electrons. The molecule has 1 amide bonds. The highest BCUT2D eigenvalue weighted by Crippen LogP contribution is 2.30. The Morgan fingerprint density at radius 3 is 2.20 bits per heavy atom. The van der Waals surface area contributed by atoms with Crippen molar-refractivity contribution in [1.29, 1.82) is 0 Å². The van der Waals surface area contributed by atoms with Crippen molar-refractivity contribution in [1.82, 2.24) is 9.78 Å². The number of aromatic hydroxyl groups is 1. The molecule has 4 N–H and O–H groups in total. The standard InChI is InChI=1S/C39H42ClN5O8S/c1-2-3-4-5-6-7-8-9-14-36(53-29-18-22-31(23-19-29)54(51,52)30-20-16-28(46)17-21-30)39(48)41-27-15-24-32(40)33(25-27)42-37-26-38(47)44(43-37)34-12-10-11-13-35(34)45(49)50/h10-13,15-26,36,42-43,46H,2-9,14H2,1H3,(H,41,48). The summed E-state index contributed by atoms with van der Waals surface area (Å²) in [6, 6.07) is 22.9. The highest BCUT2D eigenvalue weighted by molar-refractivity contribution is 7.91. The molecule has 13 nitrogen and oxygen atoms in total. The van der Waals surface area contributed by atoms with Gasteiger partial charge in [-0.3, -0.25) is 24.8 Å². The number of sulfone groups is 1. The second-order valence-corrected chi connectivity index (χ2v) is 15.1. The Hall–Kier alpha value is -5.60. The monoisotopic (exact) mass is 775 g/mol. The molecule has 0 aliphatic rings. The molecule has 1 heterocycles. The van der Waals surface area contributed by atoms with Crippen molar-refractivity contribution in [2.75, 3.05) is 10.6 Å². The summed E-state index contributed by atoms with van der Waals surface area (Å²) in [5, 5.41) is 30.1. The summed E-state index contributed by atoms with van der Waals surface area (Å²) in [4.78, 5) is 37.5. The summed E-state index contributed by atoms with van der Waals surface area (Å²) < 4.78 is 33.4. The predicted octanol–water partition coefficient (Wildman–Crippen LogP) is 8.93. The van der Waals surface area contributed by atoms with E-state index in [0.717, 1.165) is 30.4 Å². The molecule has 4 aromatic carbocycles. The third-order valence-corrected chi connectivity index (χ3v) is 10.8. The van der Waals surface area contributed by atoms with E-state index in [1.165, 1.54) is 98.5 Å². The first kappa shape index (κ1) is 39.6. The van der Waals surface area contributed by atoms with Crippen molar-refractivity contribution in [3.8, 4) is 17.2 Å². The number of carbonyl (C=O) groups excluding carboxylic acids is 1. The summed E-state index contributed by atoms with van der Waals surface area (Å²) in [7, 11) is -3.85.